The molecular weight excluding hydrogens is 154 g/mol. The van der Waals surface area contributed by atoms with Gasteiger partial charge in [0, 0.05) is 0 Å². The van der Waals surface area contributed by atoms with Gasteiger partial charge in [0.05, 0.1) is 12.6 Å². The summed E-state index contributed by atoms with van der Waals surface area (Å²) in [5.41, 5.74) is 0.551. The highest BCUT2D eigenvalue weighted by molar-refractivity contribution is 5.54. The third-order valence-corrected chi connectivity index (χ3v) is 1.15. The Hall–Kier alpha value is -1.82. The molecule has 0 spiro atoms. The third-order valence-electron chi connectivity index (χ3n) is 1.15. The lowest BCUT2D eigenvalue weighted by atomic mass is 10.3. The smallest absolute Gasteiger partial charge is 0.133 e. The zero-order valence-electron chi connectivity index (χ0n) is 6.32. The molecule has 0 saturated carbocycles. The quantitative estimate of drug-likeness (QED) is 0.488. The Kier molecular flexibility index (Phi) is 2.86. The van der Waals surface area contributed by atoms with Gasteiger partial charge in [0.1, 0.15) is 17.7 Å². The molecule has 0 aliphatic carbocycles. The van der Waals surface area contributed by atoms with Crippen molar-refractivity contribution in [3.05, 3.63) is 24.0 Å². The van der Waals surface area contributed by atoms with Crippen LogP contribution >= 0.6 is 0 Å². The number of carbonyl (C=O) groups excluding carboxylic acids is 1. The van der Waals surface area contributed by atoms with Gasteiger partial charge >= 0.3 is 0 Å². The van der Waals surface area contributed by atoms with E-state index in [2.05, 4.69) is 16.8 Å². The molecule has 60 valence electrons. The summed E-state index contributed by atoms with van der Waals surface area (Å²) in [6, 6.07) is 3.09. The molecule has 1 aromatic heterocycles. The van der Waals surface area contributed by atoms with Crippen molar-refractivity contribution in [1.29, 1.82) is 0 Å². The average Bonchev–Trinajstić information content (AvgIpc) is 2.09. The van der Waals surface area contributed by atoms with Crippen LogP contribution in [0.4, 0.5) is 0 Å². The summed E-state index contributed by atoms with van der Waals surface area (Å²) in [4.78, 5) is 13.7. The van der Waals surface area contributed by atoms with Gasteiger partial charge in [-0.15, -0.1) is 0 Å². The lowest BCUT2D eigenvalue weighted by molar-refractivity contribution is -0.107. The largest absolute Gasteiger partial charge is 0.506 e. The highest BCUT2D eigenvalue weighted by atomic mass is 16.3. The van der Waals surface area contributed by atoms with Gasteiger partial charge in [-0.3, -0.25) is 0 Å². The minimum Gasteiger partial charge on any atom is -0.506 e. The first-order valence-electron chi connectivity index (χ1n) is 3.40. The molecule has 12 heavy (non-hydrogen) atoms. The summed E-state index contributed by atoms with van der Waals surface area (Å²) in [6.45, 7) is 0. The van der Waals surface area contributed by atoms with E-state index in [4.69, 9.17) is 5.11 Å². The van der Waals surface area contributed by atoms with E-state index in [0.29, 0.717) is 5.69 Å². The second-order valence-electron chi connectivity index (χ2n) is 2.07. The highest BCUT2D eigenvalue weighted by Crippen LogP contribution is 2.04. The van der Waals surface area contributed by atoms with Gasteiger partial charge in [-0.25, -0.2) is 4.98 Å². The Morgan fingerprint density at radius 3 is 3.00 bits per heavy atom. The van der Waals surface area contributed by atoms with E-state index in [1.54, 1.807) is 6.07 Å². The van der Waals surface area contributed by atoms with Crippen molar-refractivity contribution in [1.82, 2.24) is 4.98 Å². The maximum atomic E-state index is 9.89. The lowest BCUT2D eigenvalue weighted by Gasteiger charge is -1.89. The third kappa shape index (κ3) is 2.43. The zero-order chi connectivity index (χ0) is 8.81. The van der Waals surface area contributed by atoms with Crippen LogP contribution in [-0.2, 0) is 4.79 Å². The number of aromatic nitrogens is 1. The fourth-order valence-corrected chi connectivity index (χ4v) is 0.643. The first kappa shape index (κ1) is 8.28. The molecule has 0 unspecified atom stereocenters. The van der Waals surface area contributed by atoms with Crippen molar-refractivity contribution in [3.63, 3.8) is 0 Å². The predicted molar refractivity (Wildman–Crippen MR) is 43.5 cm³/mol. The number of aromatic hydroxyl groups is 1. The second kappa shape index (κ2) is 4.14. The summed E-state index contributed by atoms with van der Waals surface area (Å²) in [6.07, 6.45) is 2.25. The van der Waals surface area contributed by atoms with Crippen LogP contribution in [0.3, 0.4) is 0 Å². The van der Waals surface area contributed by atoms with Crippen molar-refractivity contribution >= 4 is 6.29 Å². The highest BCUT2D eigenvalue weighted by Gasteiger charge is 1.87. The van der Waals surface area contributed by atoms with Gasteiger partial charge in [-0.05, 0) is 18.1 Å². The second-order valence-corrected chi connectivity index (χ2v) is 2.07. The predicted octanol–water partition coefficient (Wildman–Crippen LogP) is 0.728. The van der Waals surface area contributed by atoms with Crippen LogP contribution in [0, 0.1) is 11.8 Å². The van der Waals surface area contributed by atoms with Crippen LogP contribution in [-0.4, -0.2) is 16.4 Å². The monoisotopic (exact) mass is 161 g/mol. The van der Waals surface area contributed by atoms with E-state index in [1.807, 2.05) is 0 Å². The molecule has 0 aliphatic rings. The topological polar surface area (TPSA) is 50.2 Å². The van der Waals surface area contributed by atoms with Gasteiger partial charge in [0.2, 0.25) is 0 Å². The van der Waals surface area contributed by atoms with Gasteiger partial charge in [0.25, 0.3) is 0 Å². The lowest BCUT2D eigenvalue weighted by Crippen LogP contribution is -1.79. The maximum Gasteiger partial charge on any atom is 0.133 e. The van der Waals surface area contributed by atoms with E-state index >= 15 is 0 Å². The molecule has 0 amide bonds. The van der Waals surface area contributed by atoms with Crippen molar-refractivity contribution < 1.29 is 9.90 Å². The molecule has 0 bridgehead atoms. The average molecular weight is 161 g/mol. The normalized spacial score (nSPS) is 8.33. The van der Waals surface area contributed by atoms with Gasteiger partial charge in [-0.1, -0.05) is 5.92 Å². The minimum absolute atomic E-state index is 0.107. The number of carbonyl (C=O) groups is 1. The van der Waals surface area contributed by atoms with Crippen LogP contribution < -0.4 is 0 Å². The van der Waals surface area contributed by atoms with E-state index in [0.717, 1.165) is 6.29 Å². The van der Waals surface area contributed by atoms with Crippen molar-refractivity contribution in [2.24, 2.45) is 0 Å². The minimum atomic E-state index is 0.107. The standard InChI is InChI=1S/C9H7NO2/c11-6-2-1-3-8-4-5-9(12)7-10-8/h4-7,12H,2H2. The Bertz CT molecular complexity index is 319. The van der Waals surface area contributed by atoms with Gasteiger partial charge in [0.15, 0.2) is 0 Å². The first-order valence-corrected chi connectivity index (χ1v) is 3.40. The Labute approximate surface area is 70.1 Å². The summed E-state index contributed by atoms with van der Waals surface area (Å²) in [5.74, 6) is 5.39. The van der Waals surface area contributed by atoms with Crippen LogP contribution in [0.15, 0.2) is 18.3 Å². The van der Waals surface area contributed by atoms with Crippen molar-refractivity contribution in [3.8, 4) is 17.6 Å². The molecule has 1 rings (SSSR count). The number of hydrogen-bond acceptors (Lipinski definition) is 3. The summed E-state index contributed by atoms with van der Waals surface area (Å²) < 4.78 is 0. The van der Waals surface area contributed by atoms with E-state index in [1.165, 1.54) is 12.3 Å². The number of aldehydes is 1. The molecule has 0 radical (unpaired) electrons. The molecule has 1 N–H and O–H groups in total. The Morgan fingerprint density at radius 2 is 2.42 bits per heavy atom. The van der Waals surface area contributed by atoms with Crippen LogP contribution in [0.5, 0.6) is 5.75 Å². The van der Waals surface area contributed by atoms with Gasteiger partial charge < -0.3 is 9.90 Å². The van der Waals surface area contributed by atoms with Crippen LogP contribution in [0.25, 0.3) is 0 Å². The number of nitrogens with zero attached hydrogens (tertiary/aromatic N) is 1. The molecule has 3 nitrogen and oxygen atoms in total. The van der Waals surface area contributed by atoms with Crippen molar-refractivity contribution in [2.45, 2.75) is 6.42 Å². The Morgan fingerprint density at radius 1 is 1.58 bits per heavy atom. The molecule has 3 heteroatoms. The summed E-state index contributed by atoms with van der Waals surface area (Å²) >= 11 is 0. The fourth-order valence-electron chi connectivity index (χ4n) is 0.643. The van der Waals surface area contributed by atoms with Gasteiger partial charge in [-0.2, -0.15) is 0 Å². The molecule has 1 aromatic rings. The molecule has 0 saturated heterocycles. The molecule has 0 atom stereocenters. The number of rotatable bonds is 1. The molecule has 1 heterocycles. The van der Waals surface area contributed by atoms with E-state index < -0.39 is 0 Å². The zero-order valence-corrected chi connectivity index (χ0v) is 6.32. The van der Waals surface area contributed by atoms with Crippen LogP contribution in [0.2, 0.25) is 0 Å². The van der Waals surface area contributed by atoms with Crippen molar-refractivity contribution in [2.75, 3.05) is 0 Å². The summed E-state index contributed by atoms with van der Waals surface area (Å²) in [5, 5.41) is 8.86. The Balaban J connectivity index is 2.72. The summed E-state index contributed by atoms with van der Waals surface area (Å²) in [7, 11) is 0. The molecular formula is C9H7NO2. The SMILES string of the molecule is O=CCC#Cc1ccc(O)cn1. The maximum absolute atomic E-state index is 9.89. The van der Waals surface area contributed by atoms with E-state index in [-0.39, 0.29) is 12.2 Å². The molecule has 0 fully saturated rings. The number of hydrogen-bond donors (Lipinski definition) is 1. The molecule has 0 aliphatic heterocycles. The number of pyridine rings is 1. The first-order chi connectivity index (χ1) is 5.83. The fraction of sp³-hybridized carbons (Fsp3) is 0.111. The van der Waals surface area contributed by atoms with E-state index in [9.17, 15) is 4.79 Å². The van der Waals surface area contributed by atoms with Crippen LogP contribution in [0.1, 0.15) is 12.1 Å². The molecule has 0 aromatic carbocycles.